The molecule has 0 heterocycles. The minimum absolute atomic E-state index is 0.0150. The molecule has 0 amide bonds. The molecule has 82 valence electrons. The Morgan fingerprint density at radius 2 is 2.00 bits per heavy atom. The van der Waals surface area contributed by atoms with Gasteiger partial charge in [-0.15, -0.1) is 0 Å². The molecule has 0 aliphatic rings. The molecule has 1 rings (SSSR count). The van der Waals surface area contributed by atoms with Crippen LogP contribution in [0.5, 0.6) is 0 Å². The number of benzene rings is 1. The van der Waals surface area contributed by atoms with Gasteiger partial charge in [-0.25, -0.2) is 0 Å². The van der Waals surface area contributed by atoms with E-state index < -0.39 is 0 Å². The first-order valence-electron chi connectivity index (χ1n) is 5.28. The molecule has 0 saturated carbocycles. The molecule has 0 aliphatic carbocycles. The van der Waals surface area contributed by atoms with Gasteiger partial charge in [-0.1, -0.05) is 36.9 Å². The zero-order valence-electron chi connectivity index (χ0n) is 9.44. The summed E-state index contributed by atoms with van der Waals surface area (Å²) in [5.74, 6) is 0. The molecule has 0 bridgehead atoms. The summed E-state index contributed by atoms with van der Waals surface area (Å²) >= 11 is 0. The number of nitrogens with one attached hydrogen (secondary N) is 1. The first-order valence-corrected chi connectivity index (χ1v) is 5.28. The average molecular weight is 205 g/mol. The first kappa shape index (κ1) is 11.8. The second kappa shape index (κ2) is 6.25. The lowest BCUT2D eigenvalue weighted by Gasteiger charge is -2.19. The minimum Gasteiger partial charge on any atom is -0.484 e. The highest BCUT2D eigenvalue weighted by molar-refractivity contribution is 5.15. The molecule has 0 aromatic heterocycles. The van der Waals surface area contributed by atoms with Gasteiger partial charge in [0.2, 0.25) is 0 Å². The third-order valence-corrected chi connectivity index (χ3v) is 2.20. The lowest BCUT2D eigenvalue weighted by molar-refractivity contribution is 0.118. The highest BCUT2D eigenvalue weighted by Gasteiger charge is 2.06. The molecule has 2 nitrogen and oxygen atoms in total. The van der Waals surface area contributed by atoms with E-state index in [-0.39, 0.29) is 6.23 Å². The first-order chi connectivity index (χ1) is 7.22. The molecule has 0 aliphatic heterocycles. The van der Waals surface area contributed by atoms with E-state index in [4.69, 9.17) is 4.74 Å². The lowest BCUT2D eigenvalue weighted by atomic mass is 10.1. The van der Waals surface area contributed by atoms with Gasteiger partial charge in [0, 0.05) is 6.04 Å². The van der Waals surface area contributed by atoms with Gasteiger partial charge >= 0.3 is 0 Å². The van der Waals surface area contributed by atoms with Crippen molar-refractivity contribution < 1.29 is 4.74 Å². The van der Waals surface area contributed by atoms with E-state index in [9.17, 15) is 0 Å². The second-order valence-corrected chi connectivity index (χ2v) is 3.70. The van der Waals surface area contributed by atoms with Gasteiger partial charge in [0.25, 0.3) is 0 Å². The van der Waals surface area contributed by atoms with Gasteiger partial charge in [-0.05, 0) is 25.8 Å². The van der Waals surface area contributed by atoms with Crippen molar-refractivity contribution in [1.82, 2.24) is 5.32 Å². The van der Waals surface area contributed by atoms with Crippen molar-refractivity contribution in [2.45, 2.75) is 32.5 Å². The summed E-state index contributed by atoms with van der Waals surface area (Å²) in [5, 5.41) is 3.34. The standard InChI is InChI=1S/C13H19NO/c1-4-15-12(3)14-11(2)10-13-8-6-5-7-9-13/h4-9,11-12,14H,1,10H2,2-3H3. The predicted octanol–water partition coefficient (Wildman–Crippen LogP) is 2.71. The van der Waals surface area contributed by atoms with E-state index in [1.807, 2.05) is 13.0 Å². The van der Waals surface area contributed by atoms with Crippen molar-refractivity contribution in [2.75, 3.05) is 0 Å². The summed E-state index contributed by atoms with van der Waals surface area (Å²) < 4.78 is 5.20. The largest absolute Gasteiger partial charge is 0.484 e. The van der Waals surface area contributed by atoms with E-state index in [0.717, 1.165) is 6.42 Å². The molecule has 0 spiro atoms. The average Bonchev–Trinajstić information content (AvgIpc) is 2.19. The van der Waals surface area contributed by atoms with Gasteiger partial charge in [0.1, 0.15) is 6.23 Å². The fourth-order valence-corrected chi connectivity index (χ4v) is 1.61. The fraction of sp³-hybridized carbons (Fsp3) is 0.385. The van der Waals surface area contributed by atoms with Crippen LogP contribution in [0.2, 0.25) is 0 Å². The molecule has 1 N–H and O–H groups in total. The Hall–Kier alpha value is -1.28. The van der Waals surface area contributed by atoms with Crippen molar-refractivity contribution in [2.24, 2.45) is 0 Å². The van der Waals surface area contributed by atoms with Gasteiger partial charge in [0.05, 0.1) is 6.26 Å². The van der Waals surface area contributed by atoms with Crippen molar-refractivity contribution in [3.63, 3.8) is 0 Å². The number of hydrogen-bond donors (Lipinski definition) is 1. The van der Waals surface area contributed by atoms with E-state index in [1.54, 1.807) is 0 Å². The highest BCUT2D eigenvalue weighted by Crippen LogP contribution is 2.03. The molecule has 1 aromatic rings. The maximum atomic E-state index is 5.20. The lowest BCUT2D eigenvalue weighted by Crippen LogP contribution is -2.36. The van der Waals surface area contributed by atoms with E-state index in [1.165, 1.54) is 11.8 Å². The molecule has 2 unspecified atom stereocenters. The van der Waals surface area contributed by atoms with Gasteiger partial charge in [0.15, 0.2) is 0 Å². The van der Waals surface area contributed by atoms with E-state index in [0.29, 0.717) is 6.04 Å². The Morgan fingerprint density at radius 3 is 2.60 bits per heavy atom. The molecule has 1 aromatic carbocycles. The van der Waals surface area contributed by atoms with E-state index >= 15 is 0 Å². The van der Waals surface area contributed by atoms with E-state index in [2.05, 4.69) is 43.1 Å². The molecular weight excluding hydrogens is 186 g/mol. The van der Waals surface area contributed by atoms with Crippen LogP contribution in [0.25, 0.3) is 0 Å². The third-order valence-electron chi connectivity index (χ3n) is 2.20. The van der Waals surface area contributed by atoms with Crippen molar-refractivity contribution in [3.8, 4) is 0 Å². The molecular formula is C13H19NO. The number of ether oxygens (including phenoxy) is 1. The maximum absolute atomic E-state index is 5.20. The van der Waals surface area contributed by atoms with Crippen LogP contribution >= 0.6 is 0 Å². The smallest absolute Gasteiger partial charge is 0.146 e. The van der Waals surface area contributed by atoms with Crippen molar-refractivity contribution >= 4 is 0 Å². The van der Waals surface area contributed by atoms with Gasteiger partial charge < -0.3 is 4.74 Å². The molecule has 15 heavy (non-hydrogen) atoms. The second-order valence-electron chi connectivity index (χ2n) is 3.70. The Kier molecular flexibility index (Phi) is 4.91. The van der Waals surface area contributed by atoms with Crippen LogP contribution in [0.4, 0.5) is 0 Å². The normalized spacial score (nSPS) is 14.3. The molecule has 0 fully saturated rings. The fourth-order valence-electron chi connectivity index (χ4n) is 1.61. The summed E-state index contributed by atoms with van der Waals surface area (Å²) in [7, 11) is 0. The number of hydrogen-bond acceptors (Lipinski definition) is 2. The summed E-state index contributed by atoms with van der Waals surface area (Å²) in [4.78, 5) is 0. The molecule has 2 heteroatoms. The van der Waals surface area contributed by atoms with Crippen molar-refractivity contribution in [3.05, 3.63) is 48.7 Å². The van der Waals surface area contributed by atoms with Gasteiger partial charge in [-0.3, -0.25) is 5.32 Å². The maximum Gasteiger partial charge on any atom is 0.146 e. The third kappa shape index (κ3) is 4.66. The van der Waals surface area contributed by atoms with Crippen LogP contribution in [0, 0.1) is 0 Å². The Balaban J connectivity index is 2.36. The Bertz CT molecular complexity index is 284. The van der Waals surface area contributed by atoms with Crippen LogP contribution < -0.4 is 5.32 Å². The van der Waals surface area contributed by atoms with Gasteiger partial charge in [-0.2, -0.15) is 0 Å². The van der Waals surface area contributed by atoms with Crippen LogP contribution in [-0.2, 0) is 11.2 Å². The van der Waals surface area contributed by atoms with Crippen LogP contribution in [0.15, 0.2) is 43.2 Å². The quantitative estimate of drug-likeness (QED) is 0.569. The zero-order valence-corrected chi connectivity index (χ0v) is 9.44. The summed E-state index contributed by atoms with van der Waals surface area (Å²) in [6, 6.07) is 10.8. The minimum atomic E-state index is 0.0150. The topological polar surface area (TPSA) is 21.3 Å². The monoisotopic (exact) mass is 205 g/mol. The van der Waals surface area contributed by atoms with Crippen molar-refractivity contribution in [1.29, 1.82) is 0 Å². The predicted molar refractivity (Wildman–Crippen MR) is 63.5 cm³/mol. The zero-order chi connectivity index (χ0) is 11.1. The summed E-state index contributed by atoms with van der Waals surface area (Å²) in [6.45, 7) is 7.65. The van der Waals surface area contributed by atoms with Crippen LogP contribution in [-0.4, -0.2) is 12.3 Å². The Labute approximate surface area is 92.0 Å². The molecule has 0 saturated heterocycles. The highest BCUT2D eigenvalue weighted by atomic mass is 16.5. The summed E-state index contributed by atoms with van der Waals surface area (Å²) in [6.07, 6.45) is 2.49. The SMILES string of the molecule is C=COC(C)NC(C)Cc1ccccc1. The van der Waals surface area contributed by atoms with Crippen LogP contribution in [0.1, 0.15) is 19.4 Å². The summed E-state index contributed by atoms with van der Waals surface area (Å²) in [5.41, 5.74) is 1.34. The molecule has 2 atom stereocenters. The molecule has 0 radical (unpaired) electrons. The van der Waals surface area contributed by atoms with Crippen LogP contribution in [0.3, 0.4) is 0 Å². The number of rotatable bonds is 6. The Morgan fingerprint density at radius 1 is 1.33 bits per heavy atom.